The van der Waals surface area contributed by atoms with E-state index in [1.807, 2.05) is 24.3 Å². The summed E-state index contributed by atoms with van der Waals surface area (Å²) < 4.78 is 5.53. The van der Waals surface area contributed by atoms with Crippen molar-refractivity contribution in [1.29, 1.82) is 0 Å². The predicted octanol–water partition coefficient (Wildman–Crippen LogP) is 1.57. The van der Waals surface area contributed by atoms with Crippen LogP contribution in [0.2, 0.25) is 0 Å². The lowest BCUT2D eigenvalue weighted by Gasteiger charge is -2.35. The van der Waals surface area contributed by atoms with Gasteiger partial charge in [0.1, 0.15) is 11.4 Å². The Labute approximate surface area is 112 Å². The van der Waals surface area contributed by atoms with Gasteiger partial charge in [-0.2, -0.15) is 0 Å². The van der Waals surface area contributed by atoms with E-state index in [0.29, 0.717) is 18.8 Å². The molecule has 1 aliphatic heterocycles. The summed E-state index contributed by atoms with van der Waals surface area (Å²) >= 11 is 0. The highest BCUT2D eigenvalue weighted by Gasteiger charge is 2.36. The van der Waals surface area contributed by atoms with Crippen molar-refractivity contribution in [2.45, 2.75) is 31.3 Å². The van der Waals surface area contributed by atoms with E-state index in [0.717, 1.165) is 24.8 Å². The predicted molar refractivity (Wildman–Crippen MR) is 70.8 cm³/mol. The molecule has 1 aromatic rings. The van der Waals surface area contributed by atoms with Gasteiger partial charge < -0.3 is 15.2 Å². The fourth-order valence-corrected chi connectivity index (χ4v) is 2.67. The molecular formula is C15H19NO3. The topological polar surface area (TPSA) is 58.6 Å². The van der Waals surface area contributed by atoms with Gasteiger partial charge in [0.25, 0.3) is 0 Å². The van der Waals surface area contributed by atoms with Crippen LogP contribution >= 0.6 is 0 Å². The summed E-state index contributed by atoms with van der Waals surface area (Å²) in [7, 11) is 0. The molecule has 4 nitrogen and oxygen atoms in total. The molecule has 1 saturated carbocycles. The Balaban J connectivity index is 1.71. The highest BCUT2D eigenvalue weighted by Crippen LogP contribution is 2.36. The molecule has 1 aliphatic carbocycles. The van der Waals surface area contributed by atoms with Crippen LogP contribution in [-0.2, 0) is 10.4 Å². The van der Waals surface area contributed by atoms with Crippen molar-refractivity contribution in [3.05, 3.63) is 29.8 Å². The smallest absolute Gasteiger partial charge is 0.223 e. The van der Waals surface area contributed by atoms with E-state index >= 15 is 0 Å². The zero-order valence-electron chi connectivity index (χ0n) is 10.9. The molecule has 1 fully saturated rings. The quantitative estimate of drug-likeness (QED) is 0.868. The van der Waals surface area contributed by atoms with E-state index in [1.54, 1.807) is 0 Å². The van der Waals surface area contributed by atoms with E-state index in [1.165, 1.54) is 0 Å². The number of nitrogens with one attached hydrogen (secondary N) is 1. The molecule has 4 heteroatoms. The van der Waals surface area contributed by atoms with E-state index in [4.69, 9.17) is 4.74 Å². The first-order chi connectivity index (χ1) is 9.19. The van der Waals surface area contributed by atoms with Gasteiger partial charge in [-0.15, -0.1) is 0 Å². The molecule has 1 amide bonds. The van der Waals surface area contributed by atoms with Gasteiger partial charge >= 0.3 is 0 Å². The van der Waals surface area contributed by atoms with Crippen LogP contribution in [0.15, 0.2) is 24.3 Å². The van der Waals surface area contributed by atoms with Crippen LogP contribution in [0, 0.1) is 5.92 Å². The van der Waals surface area contributed by atoms with Crippen molar-refractivity contribution in [2.75, 3.05) is 13.2 Å². The number of fused-ring (bicyclic) bond motifs is 1. The molecule has 0 spiro atoms. The fraction of sp³-hybridized carbons (Fsp3) is 0.533. The van der Waals surface area contributed by atoms with E-state index in [9.17, 15) is 9.90 Å². The molecular weight excluding hydrogens is 242 g/mol. The van der Waals surface area contributed by atoms with Crippen LogP contribution in [0.25, 0.3) is 0 Å². The van der Waals surface area contributed by atoms with E-state index in [2.05, 4.69) is 5.32 Å². The van der Waals surface area contributed by atoms with Crippen LogP contribution in [0.1, 0.15) is 31.2 Å². The Kier molecular flexibility index (Phi) is 3.19. The van der Waals surface area contributed by atoms with Crippen molar-refractivity contribution in [1.82, 2.24) is 5.32 Å². The Morgan fingerprint density at radius 2 is 2.21 bits per heavy atom. The molecule has 1 atom stereocenters. The third-order valence-corrected chi connectivity index (χ3v) is 4.19. The van der Waals surface area contributed by atoms with Gasteiger partial charge in [0, 0.05) is 17.9 Å². The lowest BCUT2D eigenvalue weighted by molar-refractivity contribution is -0.129. The van der Waals surface area contributed by atoms with E-state index < -0.39 is 5.60 Å². The average Bonchev–Trinajstić information content (AvgIpc) is 2.35. The van der Waals surface area contributed by atoms with Gasteiger partial charge in [0.15, 0.2) is 0 Å². The van der Waals surface area contributed by atoms with Crippen molar-refractivity contribution in [3.63, 3.8) is 0 Å². The number of amides is 1. The normalized spacial score (nSPS) is 25.9. The van der Waals surface area contributed by atoms with Gasteiger partial charge in [0.05, 0.1) is 13.2 Å². The average molecular weight is 261 g/mol. The standard InChI is InChI=1S/C15H19NO3/c17-14(11-4-3-5-11)16-10-15(18)8-9-19-13-7-2-1-6-12(13)15/h1-2,6-7,11,18H,3-5,8-10H2,(H,16,17). The number of carbonyl (C=O) groups is 1. The lowest BCUT2D eigenvalue weighted by Crippen LogP contribution is -2.46. The summed E-state index contributed by atoms with van der Waals surface area (Å²) in [5.41, 5.74) is -0.232. The fourth-order valence-electron chi connectivity index (χ4n) is 2.67. The van der Waals surface area contributed by atoms with Crippen molar-refractivity contribution >= 4 is 5.91 Å². The van der Waals surface area contributed by atoms with Crippen LogP contribution in [0.5, 0.6) is 5.75 Å². The molecule has 0 bridgehead atoms. The maximum absolute atomic E-state index is 11.9. The van der Waals surface area contributed by atoms with Crippen molar-refractivity contribution in [2.24, 2.45) is 5.92 Å². The number of hydrogen-bond donors (Lipinski definition) is 2. The van der Waals surface area contributed by atoms with Gasteiger partial charge in [-0.05, 0) is 18.9 Å². The molecule has 2 N–H and O–H groups in total. The van der Waals surface area contributed by atoms with Crippen molar-refractivity contribution < 1.29 is 14.6 Å². The van der Waals surface area contributed by atoms with Crippen molar-refractivity contribution in [3.8, 4) is 5.75 Å². The lowest BCUT2D eigenvalue weighted by atomic mass is 9.84. The monoisotopic (exact) mass is 261 g/mol. The number of aliphatic hydroxyl groups is 1. The zero-order valence-corrected chi connectivity index (χ0v) is 10.9. The summed E-state index contributed by atoms with van der Waals surface area (Å²) in [6.07, 6.45) is 3.60. The minimum Gasteiger partial charge on any atom is -0.493 e. The number of hydrogen-bond acceptors (Lipinski definition) is 3. The summed E-state index contributed by atoms with van der Waals surface area (Å²) in [5, 5.41) is 13.6. The first kappa shape index (κ1) is 12.5. The number of ether oxygens (including phenoxy) is 1. The maximum atomic E-state index is 11.9. The van der Waals surface area contributed by atoms with E-state index in [-0.39, 0.29) is 18.4 Å². The molecule has 2 aliphatic rings. The molecule has 3 rings (SSSR count). The second kappa shape index (κ2) is 4.85. The summed E-state index contributed by atoms with van der Waals surface area (Å²) in [5.74, 6) is 0.941. The van der Waals surface area contributed by atoms with Crippen LogP contribution in [0.3, 0.4) is 0 Å². The molecule has 0 saturated heterocycles. The number of benzene rings is 1. The molecule has 0 aromatic heterocycles. The third kappa shape index (κ3) is 2.32. The van der Waals surface area contributed by atoms with Crippen LogP contribution in [0.4, 0.5) is 0 Å². The first-order valence-electron chi connectivity index (χ1n) is 6.91. The SMILES string of the molecule is O=C(NCC1(O)CCOc2ccccc21)C1CCC1. The largest absolute Gasteiger partial charge is 0.493 e. The van der Waals surface area contributed by atoms with Gasteiger partial charge in [-0.25, -0.2) is 0 Å². The Bertz CT molecular complexity index is 484. The Morgan fingerprint density at radius 3 is 2.95 bits per heavy atom. The Morgan fingerprint density at radius 1 is 1.42 bits per heavy atom. The van der Waals surface area contributed by atoms with Crippen LogP contribution in [-0.4, -0.2) is 24.2 Å². The summed E-state index contributed by atoms with van der Waals surface area (Å²) in [6, 6.07) is 7.49. The van der Waals surface area contributed by atoms with Crippen LogP contribution < -0.4 is 10.1 Å². The van der Waals surface area contributed by atoms with Gasteiger partial charge in [-0.3, -0.25) is 4.79 Å². The second-order valence-corrected chi connectivity index (χ2v) is 5.47. The summed E-state index contributed by atoms with van der Waals surface area (Å²) in [6.45, 7) is 0.746. The number of para-hydroxylation sites is 1. The Hall–Kier alpha value is -1.55. The molecule has 19 heavy (non-hydrogen) atoms. The molecule has 0 radical (unpaired) electrons. The number of rotatable bonds is 3. The first-order valence-corrected chi connectivity index (χ1v) is 6.91. The number of carbonyl (C=O) groups excluding carboxylic acids is 1. The summed E-state index contributed by atoms with van der Waals surface area (Å²) in [4.78, 5) is 11.9. The zero-order chi connectivity index (χ0) is 13.3. The third-order valence-electron chi connectivity index (χ3n) is 4.19. The molecule has 1 heterocycles. The minimum absolute atomic E-state index is 0.0728. The molecule has 1 aromatic carbocycles. The van der Waals surface area contributed by atoms with Gasteiger partial charge in [-0.1, -0.05) is 24.6 Å². The molecule has 102 valence electrons. The highest BCUT2D eigenvalue weighted by molar-refractivity contribution is 5.79. The van der Waals surface area contributed by atoms with Gasteiger partial charge in [0.2, 0.25) is 5.91 Å². The second-order valence-electron chi connectivity index (χ2n) is 5.47. The maximum Gasteiger partial charge on any atom is 0.223 e. The minimum atomic E-state index is -1.01. The highest BCUT2D eigenvalue weighted by atomic mass is 16.5. The molecule has 1 unspecified atom stereocenters.